The van der Waals surface area contributed by atoms with Crippen LogP contribution in [0, 0.1) is 0 Å². The van der Waals surface area contributed by atoms with Gasteiger partial charge in [-0.2, -0.15) is 0 Å². The molecule has 13 rings (SSSR count). The van der Waals surface area contributed by atoms with Crippen LogP contribution >= 0.6 is 0 Å². The standard InChI is InChI=1S/C61H41NO/c1-37-52(40-25-23-39(24-26-40)49-19-11-20-51-50-18-9-10-21-58(50)63-61(49)51)36-57(42-13-3-2-4-14-42)62-60(37)56-35-45-15-6-8-17-48(45)55-34-46-31-30-44(33-54(46)59(55)56)43-29-28-41-27-22-38-12-5-7-16-47(38)53(41)32-43/h2-33,35,57H,34,36H2,1H3. The van der Waals surface area contributed by atoms with E-state index in [1.807, 2.05) is 6.07 Å². The fraction of sp³-hybridized carbons (Fsp3) is 0.0656. The van der Waals surface area contributed by atoms with E-state index in [1.165, 1.54) is 93.5 Å². The lowest BCUT2D eigenvalue weighted by molar-refractivity contribution is 0.670. The van der Waals surface area contributed by atoms with Crippen molar-refractivity contribution >= 4 is 65.5 Å². The minimum absolute atomic E-state index is 0.0226. The van der Waals surface area contributed by atoms with Gasteiger partial charge in [-0.3, -0.25) is 4.99 Å². The maximum atomic E-state index is 6.46. The van der Waals surface area contributed by atoms with Crippen molar-refractivity contribution in [3.63, 3.8) is 0 Å². The zero-order valence-corrected chi connectivity index (χ0v) is 34.9. The molecular formula is C61H41NO. The molecule has 0 fully saturated rings. The van der Waals surface area contributed by atoms with Gasteiger partial charge in [0.15, 0.2) is 0 Å². The first-order chi connectivity index (χ1) is 31.1. The molecule has 2 nitrogen and oxygen atoms in total. The summed E-state index contributed by atoms with van der Waals surface area (Å²) in [5, 5.41) is 9.97. The maximum absolute atomic E-state index is 6.46. The van der Waals surface area contributed by atoms with Gasteiger partial charge in [0, 0.05) is 21.9 Å². The van der Waals surface area contributed by atoms with Gasteiger partial charge in [-0.05, 0) is 138 Å². The molecule has 1 aliphatic heterocycles. The van der Waals surface area contributed by atoms with Crippen molar-refractivity contribution in [3.05, 3.63) is 234 Å². The molecule has 1 aliphatic carbocycles. The minimum atomic E-state index is -0.0226. The van der Waals surface area contributed by atoms with Crippen LogP contribution < -0.4 is 0 Å². The molecule has 0 amide bonds. The second kappa shape index (κ2) is 14.1. The minimum Gasteiger partial charge on any atom is -0.455 e. The molecule has 0 N–H and O–H groups in total. The van der Waals surface area contributed by atoms with E-state index in [4.69, 9.17) is 9.41 Å². The average molecular weight is 804 g/mol. The van der Waals surface area contributed by atoms with Crippen molar-refractivity contribution in [1.29, 1.82) is 0 Å². The fourth-order valence-electron chi connectivity index (χ4n) is 10.7. The van der Waals surface area contributed by atoms with E-state index in [-0.39, 0.29) is 6.04 Å². The molecule has 63 heavy (non-hydrogen) atoms. The molecule has 296 valence electrons. The predicted octanol–water partition coefficient (Wildman–Crippen LogP) is 16.4. The molecule has 0 radical (unpaired) electrons. The lowest BCUT2D eigenvalue weighted by Gasteiger charge is -2.27. The fourth-order valence-corrected chi connectivity index (χ4v) is 10.7. The average Bonchev–Trinajstić information content (AvgIpc) is 3.93. The third kappa shape index (κ3) is 5.75. The summed E-state index contributed by atoms with van der Waals surface area (Å²) in [4.78, 5) is 5.75. The predicted molar refractivity (Wildman–Crippen MR) is 265 cm³/mol. The molecule has 2 heteroatoms. The summed E-state index contributed by atoms with van der Waals surface area (Å²) in [5.41, 5.74) is 19.3. The summed E-state index contributed by atoms with van der Waals surface area (Å²) in [6.07, 6.45) is 1.72. The van der Waals surface area contributed by atoms with Crippen LogP contribution in [0.4, 0.5) is 0 Å². The van der Waals surface area contributed by atoms with Crippen LogP contribution in [0.15, 0.2) is 215 Å². The Bertz CT molecular complexity index is 3730. The zero-order valence-electron chi connectivity index (χ0n) is 34.9. The number of furan rings is 1. The van der Waals surface area contributed by atoms with Gasteiger partial charge in [-0.1, -0.05) is 176 Å². The summed E-state index contributed by atoms with van der Waals surface area (Å²) < 4.78 is 6.46. The van der Waals surface area contributed by atoms with E-state index in [0.717, 1.165) is 51.6 Å². The molecule has 0 saturated carbocycles. The number of dihydropyridines is 1. The Morgan fingerprint density at radius 1 is 0.460 bits per heavy atom. The number of allylic oxidation sites excluding steroid dienone is 1. The van der Waals surface area contributed by atoms with Crippen LogP contribution in [0.2, 0.25) is 0 Å². The maximum Gasteiger partial charge on any atom is 0.143 e. The number of rotatable bonds is 5. The lowest BCUT2D eigenvalue weighted by atomic mass is 9.82. The van der Waals surface area contributed by atoms with E-state index < -0.39 is 0 Å². The Morgan fingerprint density at radius 3 is 1.97 bits per heavy atom. The number of nitrogens with zero attached hydrogens (tertiary/aromatic N) is 1. The van der Waals surface area contributed by atoms with E-state index in [2.05, 4.69) is 201 Å². The largest absolute Gasteiger partial charge is 0.455 e. The van der Waals surface area contributed by atoms with Crippen LogP contribution in [0.25, 0.3) is 93.2 Å². The van der Waals surface area contributed by atoms with Crippen molar-refractivity contribution in [2.24, 2.45) is 4.99 Å². The van der Waals surface area contributed by atoms with Crippen LogP contribution in [0.3, 0.4) is 0 Å². The second-order valence-electron chi connectivity index (χ2n) is 17.3. The Kier molecular flexibility index (Phi) is 8.05. The molecule has 2 aliphatic rings. The number of hydrogen-bond donors (Lipinski definition) is 0. The molecule has 1 unspecified atom stereocenters. The van der Waals surface area contributed by atoms with Crippen LogP contribution in [0.1, 0.15) is 47.2 Å². The summed E-state index contributed by atoms with van der Waals surface area (Å²) in [7, 11) is 0. The van der Waals surface area contributed by atoms with Gasteiger partial charge in [-0.15, -0.1) is 0 Å². The van der Waals surface area contributed by atoms with Crippen LogP contribution in [0.5, 0.6) is 0 Å². The molecular weight excluding hydrogens is 763 g/mol. The van der Waals surface area contributed by atoms with Gasteiger partial charge < -0.3 is 4.42 Å². The van der Waals surface area contributed by atoms with Gasteiger partial charge in [0.2, 0.25) is 0 Å². The molecule has 10 aromatic carbocycles. The first-order valence-electron chi connectivity index (χ1n) is 22.1. The zero-order chi connectivity index (χ0) is 41.6. The number of benzene rings is 10. The quantitative estimate of drug-likeness (QED) is 0.159. The molecule has 0 saturated heterocycles. The highest BCUT2D eigenvalue weighted by molar-refractivity contribution is 6.23. The normalized spacial score (nSPS) is 14.8. The molecule has 2 heterocycles. The summed E-state index contributed by atoms with van der Waals surface area (Å²) >= 11 is 0. The van der Waals surface area contributed by atoms with Crippen molar-refractivity contribution in [3.8, 4) is 33.4 Å². The van der Waals surface area contributed by atoms with Crippen LogP contribution in [-0.2, 0) is 6.42 Å². The molecule has 0 bridgehead atoms. The number of fused-ring (bicyclic) bond motifs is 11. The van der Waals surface area contributed by atoms with Crippen molar-refractivity contribution in [2.75, 3.05) is 0 Å². The van der Waals surface area contributed by atoms with Crippen molar-refractivity contribution < 1.29 is 4.42 Å². The smallest absolute Gasteiger partial charge is 0.143 e. The highest BCUT2D eigenvalue weighted by atomic mass is 16.3. The van der Waals surface area contributed by atoms with Gasteiger partial charge in [0.25, 0.3) is 0 Å². The second-order valence-corrected chi connectivity index (χ2v) is 17.3. The Balaban J connectivity index is 0.970. The Hall–Kier alpha value is -7.81. The van der Waals surface area contributed by atoms with E-state index in [1.54, 1.807) is 0 Å². The van der Waals surface area contributed by atoms with Gasteiger partial charge in [-0.25, -0.2) is 0 Å². The topological polar surface area (TPSA) is 25.5 Å². The number of aliphatic imine (C=N–C) groups is 1. The highest BCUT2D eigenvalue weighted by Gasteiger charge is 2.31. The number of para-hydroxylation sites is 2. The Morgan fingerprint density at radius 2 is 1.11 bits per heavy atom. The highest BCUT2D eigenvalue weighted by Crippen LogP contribution is 2.48. The first kappa shape index (κ1) is 35.9. The monoisotopic (exact) mass is 803 g/mol. The van der Waals surface area contributed by atoms with Gasteiger partial charge >= 0.3 is 0 Å². The van der Waals surface area contributed by atoms with Crippen molar-refractivity contribution in [2.45, 2.75) is 25.8 Å². The van der Waals surface area contributed by atoms with Gasteiger partial charge in [0.1, 0.15) is 11.2 Å². The molecule has 11 aromatic rings. The molecule has 0 spiro atoms. The van der Waals surface area contributed by atoms with E-state index in [9.17, 15) is 0 Å². The van der Waals surface area contributed by atoms with Crippen molar-refractivity contribution in [1.82, 2.24) is 0 Å². The summed E-state index contributed by atoms with van der Waals surface area (Å²) in [6.45, 7) is 2.30. The lowest BCUT2D eigenvalue weighted by Crippen LogP contribution is -2.16. The summed E-state index contributed by atoms with van der Waals surface area (Å²) in [6, 6.07) is 73.4. The van der Waals surface area contributed by atoms with E-state index in [0.29, 0.717) is 0 Å². The van der Waals surface area contributed by atoms with Gasteiger partial charge in [0.05, 0.1) is 11.8 Å². The van der Waals surface area contributed by atoms with Crippen LogP contribution in [-0.4, -0.2) is 5.71 Å². The third-order valence-electron chi connectivity index (χ3n) is 13.9. The van der Waals surface area contributed by atoms with E-state index >= 15 is 0 Å². The number of hydrogen-bond acceptors (Lipinski definition) is 2. The molecule has 1 atom stereocenters. The third-order valence-corrected chi connectivity index (χ3v) is 13.9. The summed E-state index contributed by atoms with van der Waals surface area (Å²) in [5.74, 6) is 0. The Labute approximate surface area is 366 Å². The SMILES string of the molecule is CC1=C(c2ccc(-c3cccc4c3oc3ccccc34)cc2)CC(c2ccccc2)N=C1c1cc2ccccc2c2c1-c1cc(-c3ccc4ccc5ccccc5c4c3)ccc1C2. The first-order valence-corrected chi connectivity index (χ1v) is 22.1. The molecule has 1 aromatic heterocycles.